The molecule has 0 spiro atoms. The third-order valence-electron chi connectivity index (χ3n) is 1.84. The van der Waals surface area contributed by atoms with Crippen LogP contribution in [-0.4, -0.2) is 24.0 Å². The summed E-state index contributed by atoms with van der Waals surface area (Å²) in [5.41, 5.74) is 0. The van der Waals surface area contributed by atoms with Crippen molar-refractivity contribution in [3.8, 4) is 0 Å². The predicted molar refractivity (Wildman–Crippen MR) is 53.9 cm³/mol. The predicted octanol–water partition coefficient (Wildman–Crippen LogP) is 2.32. The van der Waals surface area contributed by atoms with Crippen molar-refractivity contribution < 1.29 is 8.78 Å². The molecule has 0 aromatic carbocycles. The molecule has 0 aliphatic carbocycles. The first-order chi connectivity index (χ1) is 6.74. The van der Waals surface area contributed by atoms with Crippen LogP contribution in [0.15, 0.2) is 11.6 Å². The maximum atomic E-state index is 12.5. The van der Waals surface area contributed by atoms with E-state index in [0.717, 1.165) is 11.4 Å². The van der Waals surface area contributed by atoms with E-state index in [1.807, 2.05) is 6.92 Å². The second kappa shape index (κ2) is 6.03. The fourth-order valence-corrected chi connectivity index (χ4v) is 1.80. The van der Waals surface area contributed by atoms with Gasteiger partial charge in [-0.3, -0.25) is 0 Å². The number of nitrogens with zero attached hydrogens (tertiary/aromatic N) is 1. The lowest BCUT2D eigenvalue weighted by Crippen LogP contribution is -2.37. The molecule has 14 heavy (non-hydrogen) atoms. The molecule has 1 heterocycles. The van der Waals surface area contributed by atoms with Crippen molar-refractivity contribution in [3.05, 3.63) is 16.6 Å². The van der Waals surface area contributed by atoms with E-state index >= 15 is 0 Å². The third kappa shape index (κ3) is 3.67. The largest absolute Gasteiger partial charge is 0.309 e. The van der Waals surface area contributed by atoms with Gasteiger partial charge in [0.2, 0.25) is 0 Å². The lowest BCUT2D eigenvalue weighted by molar-refractivity contribution is 0.0983. The summed E-state index contributed by atoms with van der Waals surface area (Å²) in [4.78, 5) is 3.99. The number of rotatable bonds is 6. The van der Waals surface area contributed by atoms with E-state index in [2.05, 4.69) is 10.3 Å². The van der Waals surface area contributed by atoms with E-state index in [1.54, 1.807) is 11.6 Å². The minimum Gasteiger partial charge on any atom is -0.309 e. The standard InChI is InChI=1S/C9H14F2N2S/c1-2-3-12-7(9(10)11)6-8-13-4-5-14-8/h4-5,7,9,12H,2-3,6H2,1H3. The Morgan fingerprint density at radius 1 is 1.57 bits per heavy atom. The summed E-state index contributed by atoms with van der Waals surface area (Å²) in [6.45, 7) is 2.58. The molecule has 1 aromatic heterocycles. The molecule has 0 amide bonds. The lowest BCUT2D eigenvalue weighted by atomic mass is 10.2. The van der Waals surface area contributed by atoms with E-state index in [0.29, 0.717) is 13.0 Å². The second-order valence-corrected chi connectivity index (χ2v) is 4.00. The van der Waals surface area contributed by atoms with Crippen LogP contribution in [0.3, 0.4) is 0 Å². The van der Waals surface area contributed by atoms with Crippen molar-refractivity contribution in [1.82, 2.24) is 10.3 Å². The zero-order chi connectivity index (χ0) is 10.4. The maximum absolute atomic E-state index is 12.5. The van der Waals surface area contributed by atoms with Crippen LogP contribution in [0.1, 0.15) is 18.4 Å². The lowest BCUT2D eigenvalue weighted by Gasteiger charge is -2.15. The topological polar surface area (TPSA) is 24.9 Å². The van der Waals surface area contributed by atoms with Crippen molar-refractivity contribution >= 4 is 11.3 Å². The van der Waals surface area contributed by atoms with Gasteiger partial charge in [-0.05, 0) is 13.0 Å². The van der Waals surface area contributed by atoms with Gasteiger partial charge in [-0.2, -0.15) is 0 Å². The van der Waals surface area contributed by atoms with Gasteiger partial charge in [-0.1, -0.05) is 6.92 Å². The number of alkyl halides is 2. The van der Waals surface area contributed by atoms with Crippen LogP contribution in [-0.2, 0) is 6.42 Å². The first-order valence-corrected chi connectivity index (χ1v) is 5.52. The van der Waals surface area contributed by atoms with Gasteiger partial charge in [-0.25, -0.2) is 13.8 Å². The Labute approximate surface area is 86.4 Å². The summed E-state index contributed by atoms with van der Waals surface area (Å²) in [5, 5.41) is 5.39. The minimum absolute atomic E-state index is 0.315. The number of hydrogen-bond donors (Lipinski definition) is 1. The Balaban J connectivity index is 2.43. The molecule has 0 radical (unpaired) electrons. The molecule has 2 nitrogen and oxygen atoms in total. The summed E-state index contributed by atoms with van der Waals surface area (Å²) in [7, 11) is 0. The van der Waals surface area contributed by atoms with Crippen LogP contribution < -0.4 is 5.32 Å². The normalized spacial score (nSPS) is 13.4. The highest BCUT2D eigenvalue weighted by Gasteiger charge is 2.20. The summed E-state index contributed by atoms with van der Waals surface area (Å²) in [6.07, 6.45) is 0.490. The number of nitrogens with one attached hydrogen (secondary N) is 1. The van der Waals surface area contributed by atoms with Gasteiger partial charge in [0.05, 0.1) is 11.0 Å². The molecule has 0 fully saturated rings. The second-order valence-electron chi connectivity index (χ2n) is 3.03. The Kier molecular flexibility index (Phi) is 4.97. The van der Waals surface area contributed by atoms with Crippen LogP contribution in [0, 0.1) is 0 Å². The average Bonchev–Trinajstić information content (AvgIpc) is 2.64. The van der Waals surface area contributed by atoms with Gasteiger partial charge in [0, 0.05) is 18.0 Å². The van der Waals surface area contributed by atoms with Gasteiger partial charge in [0.15, 0.2) is 0 Å². The van der Waals surface area contributed by atoms with Crippen LogP contribution in [0.5, 0.6) is 0 Å². The molecule has 0 aliphatic rings. The average molecular weight is 220 g/mol. The molecule has 0 saturated carbocycles. The molecule has 0 bridgehead atoms. The van der Waals surface area contributed by atoms with E-state index in [1.165, 1.54) is 11.3 Å². The zero-order valence-electron chi connectivity index (χ0n) is 8.04. The highest BCUT2D eigenvalue weighted by Crippen LogP contribution is 2.11. The fourth-order valence-electron chi connectivity index (χ4n) is 1.12. The van der Waals surface area contributed by atoms with Crippen molar-refractivity contribution in [2.45, 2.75) is 32.2 Å². The van der Waals surface area contributed by atoms with E-state index < -0.39 is 12.5 Å². The number of hydrogen-bond acceptors (Lipinski definition) is 3. The highest BCUT2D eigenvalue weighted by atomic mass is 32.1. The molecule has 0 aliphatic heterocycles. The molecule has 80 valence electrons. The van der Waals surface area contributed by atoms with E-state index in [-0.39, 0.29) is 0 Å². The number of aromatic nitrogens is 1. The molecule has 1 N–H and O–H groups in total. The summed E-state index contributed by atoms with van der Waals surface area (Å²) in [6, 6.07) is -0.763. The summed E-state index contributed by atoms with van der Waals surface area (Å²) < 4.78 is 25.1. The smallest absolute Gasteiger partial charge is 0.254 e. The molecule has 1 rings (SSSR count). The van der Waals surface area contributed by atoms with Crippen LogP contribution in [0.2, 0.25) is 0 Å². The quantitative estimate of drug-likeness (QED) is 0.795. The third-order valence-corrected chi connectivity index (χ3v) is 2.64. The Morgan fingerprint density at radius 2 is 2.36 bits per heavy atom. The Bertz CT molecular complexity index is 239. The van der Waals surface area contributed by atoms with Crippen LogP contribution in [0.25, 0.3) is 0 Å². The molecular weight excluding hydrogens is 206 g/mol. The molecule has 1 unspecified atom stereocenters. The monoisotopic (exact) mass is 220 g/mol. The van der Waals surface area contributed by atoms with Crippen molar-refractivity contribution in [1.29, 1.82) is 0 Å². The first-order valence-electron chi connectivity index (χ1n) is 4.64. The molecule has 0 saturated heterocycles. The highest BCUT2D eigenvalue weighted by molar-refractivity contribution is 7.09. The summed E-state index contributed by atoms with van der Waals surface area (Å²) in [5.74, 6) is 0. The van der Waals surface area contributed by atoms with E-state index in [9.17, 15) is 8.78 Å². The van der Waals surface area contributed by atoms with Gasteiger partial charge in [-0.15, -0.1) is 11.3 Å². The van der Waals surface area contributed by atoms with Gasteiger partial charge in [0.1, 0.15) is 0 Å². The van der Waals surface area contributed by atoms with Crippen molar-refractivity contribution in [3.63, 3.8) is 0 Å². The number of thiazole rings is 1. The van der Waals surface area contributed by atoms with E-state index in [4.69, 9.17) is 0 Å². The van der Waals surface area contributed by atoms with Crippen LogP contribution >= 0.6 is 11.3 Å². The van der Waals surface area contributed by atoms with Crippen molar-refractivity contribution in [2.24, 2.45) is 0 Å². The minimum atomic E-state index is -2.33. The maximum Gasteiger partial charge on any atom is 0.254 e. The van der Waals surface area contributed by atoms with Crippen LogP contribution in [0.4, 0.5) is 8.78 Å². The van der Waals surface area contributed by atoms with Crippen molar-refractivity contribution in [2.75, 3.05) is 6.54 Å². The zero-order valence-corrected chi connectivity index (χ0v) is 8.86. The SMILES string of the molecule is CCCNC(Cc1nccs1)C(F)F. The summed E-state index contributed by atoms with van der Waals surface area (Å²) >= 11 is 1.42. The van der Waals surface area contributed by atoms with Gasteiger partial charge < -0.3 is 5.32 Å². The number of halogens is 2. The van der Waals surface area contributed by atoms with Gasteiger partial charge in [0.25, 0.3) is 6.43 Å². The fraction of sp³-hybridized carbons (Fsp3) is 0.667. The first kappa shape index (κ1) is 11.5. The Hall–Kier alpha value is -0.550. The molecular formula is C9H14F2N2S. The molecule has 1 atom stereocenters. The Morgan fingerprint density at radius 3 is 2.86 bits per heavy atom. The van der Waals surface area contributed by atoms with Gasteiger partial charge >= 0.3 is 0 Å². The molecule has 5 heteroatoms. The molecule has 1 aromatic rings.